The van der Waals surface area contributed by atoms with E-state index >= 15 is 0 Å². The lowest BCUT2D eigenvalue weighted by Crippen LogP contribution is -2.55. The van der Waals surface area contributed by atoms with Gasteiger partial charge in [-0.05, 0) is 25.0 Å². The summed E-state index contributed by atoms with van der Waals surface area (Å²) in [6.07, 6.45) is 6.77. The normalized spacial score (nSPS) is 24.4. The molecule has 23 heavy (non-hydrogen) atoms. The smallest absolute Gasteiger partial charge is 0.229 e. The lowest BCUT2D eigenvalue weighted by molar-refractivity contribution is -0.148. The zero-order valence-electron chi connectivity index (χ0n) is 12.9. The Balaban J connectivity index is 1.45. The standard InChI is InChI=1S/C17H20N2O3S/c20-16(19-7-9-22-14-5-2-1-4-13(14)19)10-12-11-23-17(18-12)15-6-3-8-21-15/h3,6,8,11,13-14H,1-2,4-5,7,9-10H2/t13-,14+/m1/s1. The van der Waals surface area contributed by atoms with Crippen LogP contribution in [0, 0.1) is 0 Å². The van der Waals surface area contributed by atoms with Crippen LogP contribution in [0.4, 0.5) is 0 Å². The Hall–Kier alpha value is -1.66. The predicted octanol–water partition coefficient (Wildman–Crippen LogP) is 3.12. The first-order valence-electron chi connectivity index (χ1n) is 8.20. The fourth-order valence-electron chi connectivity index (χ4n) is 3.56. The quantitative estimate of drug-likeness (QED) is 0.866. The molecule has 1 aliphatic heterocycles. The van der Waals surface area contributed by atoms with Crippen molar-refractivity contribution in [1.82, 2.24) is 9.88 Å². The van der Waals surface area contributed by atoms with Crippen LogP contribution in [0.3, 0.4) is 0 Å². The Kier molecular flexibility index (Phi) is 4.18. The molecule has 2 aliphatic rings. The van der Waals surface area contributed by atoms with Crippen molar-refractivity contribution in [3.05, 3.63) is 29.5 Å². The van der Waals surface area contributed by atoms with Crippen LogP contribution in [0.15, 0.2) is 28.2 Å². The maximum atomic E-state index is 12.7. The van der Waals surface area contributed by atoms with Crippen molar-refractivity contribution in [2.75, 3.05) is 13.2 Å². The van der Waals surface area contributed by atoms with E-state index in [2.05, 4.69) is 4.98 Å². The first-order chi connectivity index (χ1) is 11.3. The van der Waals surface area contributed by atoms with E-state index < -0.39 is 0 Å². The highest BCUT2D eigenvalue weighted by atomic mass is 32.1. The molecule has 3 heterocycles. The van der Waals surface area contributed by atoms with Crippen molar-refractivity contribution < 1.29 is 13.9 Å². The van der Waals surface area contributed by atoms with Crippen molar-refractivity contribution in [2.45, 2.75) is 44.2 Å². The Labute approximate surface area is 139 Å². The molecule has 2 atom stereocenters. The van der Waals surface area contributed by atoms with E-state index in [0.29, 0.717) is 19.6 Å². The van der Waals surface area contributed by atoms with Crippen molar-refractivity contribution in [1.29, 1.82) is 0 Å². The molecule has 1 saturated carbocycles. The van der Waals surface area contributed by atoms with Gasteiger partial charge in [-0.25, -0.2) is 4.98 Å². The van der Waals surface area contributed by atoms with Gasteiger partial charge in [-0.15, -0.1) is 11.3 Å². The van der Waals surface area contributed by atoms with Gasteiger partial charge in [0.05, 0.1) is 37.1 Å². The number of hydrogen-bond acceptors (Lipinski definition) is 5. The molecule has 4 rings (SSSR count). The van der Waals surface area contributed by atoms with Gasteiger partial charge in [0.1, 0.15) is 0 Å². The summed E-state index contributed by atoms with van der Waals surface area (Å²) in [6, 6.07) is 3.99. The molecule has 2 fully saturated rings. The summed E-state index contributed by atoms with van der Waals surface area (Å²) in [5, 5.41) is 2.78. The van der Waals surface area contributed by atoms with Gasteiger partial charge >= 0.3 is 0 Å². The van der Waals surface area contributed by atoms with Gasteiger partial charge in [-0.2, -0.15) is 0 Å². The van der Waals surface area contributed by atoms with Gasteiger partial charge in [0.2, 0.25) is 5.91 Å². The first-order valence-corrected chi connectivity index (χ1v) is 9.08. The Morgan fingerprint density at radius 2 is 2.30 bits per heavy atom. The summed E-state index contributed by atoms with van der Waals surface area (Å²) in [7, 11) is 0. The van der Waals surface area contributed by atoms with E-state index in [9.17, 15) is 4.79 Å². The average Bonchev–Trinajstić information content (AvgIpc) is 3.25. The van der Waals surface area contributed by atoms with Gasteiger partial charge in [-0.1, -0.05) is 12.8 Å². The van der Waals surface area contributed by atoms with Crippen molar-refractivity contribution >= 4 is 17.2 Å². The molecule has 122 valence electrons. The number of amides is 1. The molecular weight excluding hydrogens is 312 g/mol. The molecule has 0 bridgehead atoms. The third kappa shape index (κ3) is 3.05. The van der Waals surface area contributed by atoms with E-state index in [-0.39, 0.29) is 18.1 Å². The average molecular weight is 332 g/mol. The van der Waals surface area contributed by atoms with Gasteiger partial charge < -0.3 is 14.1 Å². The van der Waals surface area contributed by atoms with Crippen molar-refractivity contribution in [3.8, 4) is 10.8 Å². The fraction of sp³-hybridized carbons (Fsp3) is 0.529. The molecule has 1 aliphatic carbocycles. The third-order valence-corrected chi connectivity index (χ3v) is 5.57. The molecule has 2 aromatic heterocycles. The molecule has 6 heteroatoms. The Morgan fingerprint density at radius 3 is 3.17 bits per heavy atom. The molecule has 0 radical (unpaired) electrons. The highest BCUT2D eigenvalue weighted by Crippen LogP contribution is 2.29. The zero-order chi connectivity index (χ0) is 15.6. The number of hydrogen-bond donors (Lipinski definition) is 0. The number of rotatable bonds is 3. The number of nitrogens with zero attached hydrogens (tertiary/aromatic N) is 2. The maximum Gasteiger partial charge on any atom is 0.229 e. The molecule has 0 spiro atoms. The number of fused-ring (bicyclic) bond motifs is 1. The lowest BCUT2D eigenvalue weighted by Gasteiger charge is -2.43. The van der Waals surface area contributed by atoms with Gasteiger partial charge in [-0.3, -0.25) is 4.79 Å². The highest BCUT2D eigenvalue weighted by Gasteiger charge is 2.36. The van der Waals surface area contributed by atoms with E-state index in [0.717, 1.165) is 29.3 Å². The largest absolute Gasteiger partial charge is 0.462 e. The van der Waals surface area contributed by atoms with Gasteiger partial charge in [0, 0.05) is 11.9 Å². The molecular formula is C17H20N2O3S. The summed E-state index contributed by atoms with van der Waals surface area (Å²) in [5.41, 5.74) is 0.824. The van der Waals surface area contributed by atoms with Crippen molar-refractivity contribution in [2.24, 2.45) is 0 Å². The van der Waals surface area contributed by atoms with Gasteiger partial charge in [0.15, 0.2) is 10.8 Å². The summed E-state index contributed by atoms with van der Waals surface area (Å²) in [5.74, 6) is 0.925. The van der Waals surface area contributed by atoms with Crippen LogP contribution in [-0.2, 0) is 16.0 Å². The molecule has 0 unspecified atom stereocenters. The zero-order valence-corrected chi connectivity index (χ0v) is 13.8. The third-order valence-electron chi connectivity index (χ3n) is 4.67. The van der Waals surface area contributed by atoms with Crippen LogP contribution in [0.1, 0.15) is 31.4 Å². The topological polar surface area (TPSA) is 55.6 Å². The van der Waals surface area contributed by atoms with Crippen LogP contribution < -0.4 is 0 Å². The number of thiazole rings is 1. The molecule has 1 amide bonds. The van der Waals surface area contributed by atoms with E-state index in [1.54, 1.807) is 6.26 Å². The lowest BCUT2D eigenvalue weighted by atomic mass is 9.90. The Bertz CT molecular complexity index is 665. The number of furan rings is 1. The maximum absolute atomic E-state index is 12.7. The first kappa shape index (κ1) is 14.9. The van der Waals surface area contributed by atoms with Crippen LogP contribution in [0.25, 0.3) is 10.8 Å². The highest BCUT2D eigenvalue weighted by molar-refractivity contribution is 7.13. The monoisotopic (exact) mass is 332 g/mol. The summed E-state index contributed by atoms with van der Waals surface area (Å²) >= 11 is 1.52. The summed E-state index contributed by atoms with van der Waals surface area (Å²) in [6.45, 7) is 1.36. The molecule has 5 nitrogen and oxygen atoms in total. The minimum atomic E-state index is 0.168. The molecule has 2 aromatic rings. The SMILES string of the molecule is O=C(Cc1csc(-c2ccco2)n1)N1CCO[C@H]2CCCC[C@H]21. The number of carbonyl (C=O) groups excluding carboxylic acids is 1. The van der Waals surface area contributed by atoms with Crippen LogP contribution in [0.5, 0.6) is 0 Å². The predicted molar refractivity (Wildman–Crippen MR) is 87.2 cm³/mol. The number of ether oxygens (including phenoxy) is 1. The molecule has 1 saturated heterocycles. The minimum Gasteiger partial charge on any atom is -0.462 e. The second-order valence-electron chi connectivity index (χ2n) is 6.15. The number of aromatic nitrogens is 1. The minimum absolute atomic E-state index is 0.168. The number of carbonyl (C=O) groups is 1. The Morgan fingerprint density at radius 1 is 1.39 bits per heavy atom. The second kappa shape index (κ2) is 6.45. The van der Waals surface area contributed by atoms with Crippen LogP contribution >= 0.6 is 11.3 Å². The second-order valence-corrected chi connectivity index (χ2v) is 7.00. The van der Waals surface area contributed by atoms with Crippen LogP contribution in [0.2, 0.25) is 0 Å². The van der Waals surface area contributed by atoms with E-state index in [4.69, 9.17) is 9.15 Å². The van der Waals surface area contributed by atoms with Gasteiger partial charge in [0.25, 0.3) is 0 Å². The van der Waals surface area contributed by atoms with Crippen molar-refractivity contribution in [3.63, 3.8) is 0 Å². The van der Waals surface area contributed by atoms with E-state index in [1.807, 2.05) is 22.4 Å². The van der Waals surface area contributed by atoms with E-state index in [1.165, 1.54) is 24.2 Å². The summed E-state index contributed by atoms with van der Waals surface area (Å²) < 4.78 is 11.2. The van der Waals surface area contributed by atoms with Crippen LogP contribution in [-0.4, -0.2) is 41.1 Å². The number of morpholine rings is 1. The molecule has 0 N–H and O–H groups in total. The molecule has 0 aromatic carbocycles. The summed E-state index contributed by atoms with van der Waals surface area (Å²) in [4.78, 5) is 19.3. The fourth-order valence-corrected chi connectivity index (χ4v) is 4.35.